The van der Waals surface area contributed by atoms with Gasteiger partial charge in [-0.05, 0) is 30.9 Å². The van der Waals surface area contributed by atoms with Gasteiger partial charge in [0.25, 0.3) is 0 Å². The lowest BCUT2D eigenvalue weighted by Crippen LogP contribution is -2.37. The van der Waals surface area contributed by atoms with E-state index >= 15 is 0 Å². The average molecular weight is 231 g/mol. The number of para-hydroxylation sites is 1. The van der Waals surface area contributed by atoms with Gasteiger partial charge in [0.05, 0.1) is 0 Å². The SMILES string of the molecule is CCCC(=O)N1c2ccccc2CC1CCC. The topological polar surface area (TPSA) is 20.3 Å². The van der Waals surface area contributed by atoms with Gasteiger partial charge in [-0.3, -0.25) is 4.79 Å². The first-order valence-electron chi connectivity index (χ1n) is 6.67. The summed E-state index contributed by atoms with van der Waals surface area (Å²) >= 11 is 0. The van der Waals surface area contributed by atoms with Crippen molar-refractivity contribution in [3.63, 3.8) is 0 Å². The smallest absolute Gasteiger partial charge is 0.227 e. The Morgan fingerprint density at radius 1 is 1.29 bits per heavy atom. The molecule has 0 aromatic heterocycles. The second kappa shape index (κ2) is 5.35. The molecule has 0 saturated carbocycles. The Hall–Kier alpha value is -1.31. The van der Waals surface area contributed by atoms with Crippen LogP contribution in [0, 0.1) is 0 Å². The maximum Gasteiger partial charge on any atom is 0.227 e. The Labute approximate surface area is 104 Å². The summed E-state index contributed by atoms with van der Waals surface area (Å²) in [5.74, 6) is 0.288. The number of fused-ring (bicyclic) bond motifs is 1. The van der Waals surface area contributed by atoms with Crippen LogP contribution in [0.15, 0.2) is 24.3 Å². The van der Waals surface area contributed by atoms with Gasteiger partial charge in [0.1, 0.15) is 0 Å². The fourth-order valence-electron chi connectivity index (χ4n) is 2.70. The van der Waals surface area contributed by atoms with Crippen LogP contribution >= 0.6 is 0 Å². The van der Waals surface area contributed by atoms with Crippen LogP contribution in [0.2, 0.25) is 0 Å². The van der Waals surface area contributed by atoms with Crippen LogP contribution in [-0.2, 0) is 11.2 Å². The lowest BCUT2D eigenvalue weighted by molar-refractivity contribution is -0.119. The fourth-order valence-corrected chi connectivity index (χ4v) is 2.70. The van der Waals surface area contributed by atoms with Crippen LogP contribution in [0.25, 0.3) is 0 Å². The quantitative estimate of drug-likeness (QED) is 0.776. The maximum atomic E-state index is 12.2. The van der Waals surface area contributed by atoms with Gasteiger partial charge in [-0.1, -0.05) is 38.5 Å². The van der Waals surface area contributed by atoms with Crippen molar-refractivity contribution in [3.8, 4) is 0 Å². The van der Waals surface area contributed by atoms with Crippen LogP contribution in [0.4, 0.5) is 5.69 Å². The summed E-state index contributed by atoms with van der Waals surface area (Å²) in [4.78, 5) is 14.3. The number of rotatable bonds is 4. The zero-order chi connectivity index (χ0) is 12.3. The first-order valence-corrected chi connectivity index (χ1v) is 6.67. The number of carbonyl (C=O) groups is 1. The average Bonchev–Trinajstić information content (AvgIpc) is 2.67. The van der Waals surface area contributed by atoms with E-state index in [1.807, 2.05) is 11.0 Å². The maximum absolute atomic E-state index is 12.2. The van der Waals surface area contributed by atoms with Gasteiger partial charge in [-0.25, -0.2) is 0 Å². The van der Waals surface area contributed by atoms with E-state index in [1.54, 1.807) is 0 Å². The number of carbonyl (C=O) groups excluding carboxylic acids is 1. The van der Waals surface area contributed by atoms with Crippen molar-refractivity contribution >= 4 is 11.6 Å². The monoisotopic (exact) mass is 231 g/mol. The predicted octanol–water partition coefficient (Wildman–Crippen LogP) is 3.54. The minimum Gasteiger partial charge on any atom is -0.309 e. The molecule has 0 N–H and O–H groups in total. The Balaban J connectivity index is 2.27. The molecule has 1 aromatic carbocycles. The molecule has 1 unspecified atom stereocenters. The summed E-state index contributed by atoms with van der Waals surface area (Å²) in [6, 6.07) is 8.71. The summed E-state index contributed by atoms with van der Waals surface area (Å²) < 4.78 is 0. The number of amides is 1. The van der Waals surface area contributed by atoms with Crippen molar-refractivity contribution in [2.45, 2.75) is 52.0 Å². The van der Waals surface area contributed by atoms with Crippen molar-refractivity contribution < 1.29 is 4.79 Å². The second-order valence-electron chi connectivity index (χ2n) is 4.79. The van der Waals surface area contributed by atoms with Crippen molar-refractivity contribution in [2.75, 3.05) is 4.90 Å². The highest BCUT2D eigenvalue weighted by Crippen LogP contribution is 2.34. The van der Waals surface area contributed by atoms with Gasteiger partial charge in [-0.15, -0.1) is 0 Å². The van der Waals surface area contributed by atoms with Gasteiger partial charge >= 0.3 is 0 Å². The number of nitrogens with zero attached hydrogens (tertiary/aromatic N) is 1. The molecule has 1 aliphatic rings. The van der Waals surface area contributed by atoms with Crippen LogP contribution in [0.1, 0.15) is 45.1 Å². The Bertz CT molecular complexity index is 400. The summed E-state index contributed by atoms with van der Waals surface area (Å²) in [6.07, 6.45) is 4.85. The Morgan fingerprint density at radius 2 is 2.06 bits per heavy atom. The van der Waals surface area contributed by atoms with Gasteiger partial charge in [0.15, 0.2) is 0 Å². The zero-order valence-corrected chi connectivity index (χ0v) is 10.8. The first kappa shape index (κ1) is 12.2. The van der Waals surface area contributed by atoms with Gasteiger partial charge in [-0.2, -0.15) is 0 Å². The third-order valence-corrected chi connectivity index (χ3v) is 3.43. The predicted molar refractivity (Wildman–Crippen MR) is 71.2 cm³/mol. The van der Waals surface area contributed by atoms with E-state index in [2.05, 4.69) is 32.0 Å². The van der Waals surface area contributed by atoms with Crippen LogP contribution in [0.3, 0.4) is 0 Å². The van der Waals surface area contributed by atoms with Crippen LogP contribution in [0.5, 0.6) is 0 Å². The minimum atomic E-state index is 0.288. The van der Waals surface area contributed by atoms with E-state index in [0.717, 1.165) is 31.4 Å². The Kier molecular flexibility index (Phi) is 3.82. The molecule has 1 aromatic rings. The second-order valence-corrected chi connectivity index (χ2v) is 4.79. The van der Waals surface area contributed by atoms with Gasteiger partial charge < -0.3 is 4.90 Å². The minimum absolute atomic E-state index is 0.288. The summed E-state index contributed by atoms with van der Waals surface area (Å²) in [5, 5.41) is 0. The molecular formula is C15H21NO. The molecule has 0 radical (unpaired) electrons. The molecule has 0 spiro atoms. The van der Waals surface area contributed by atoms with E-state index in [1.165, 1.54) is 5.56 Å². The number of hydrogen-bond donors (Lipinski definition) is 0. The summed E-state index contributed by atoms with van der Waals surface area (Å²) in [7, 11) is 0. The molecule has 0 saturated heterocycles. The zero-order valence-electron chi connectivity index (χ0n) is 10.8. The fraction of sp³-hybridized carbons (Fsp3) is 0.533. The van der Waals surface area contributed by atoms with E-state index in [4.69, 9.17) is 0 Å². The summed E-state index contributed by atoms with van der Waals surface area (Å²) in [6.45, 7) is 4.25. The molecule has 1 atom stereocenters. The number of anilines is 1. The van der Waals surface area contributed by atoms with Gasteiger partial charge in [0, 0.05) is 18.2 Å². The molecule has 0 bridgehead atoms. The third kappa shape index (κ3) is 2.36. The van der Waals surface area contributed by atoms with E-state index in [0.29, 0.717) is 12.5 Å². The molecule has 2 rings (SSSR count). The van der Waals surface area contributed by atoms with E-state index < -0.39 is 0 Å². The summed E-state index contributed by atoms with van der Waals surface area (Å²) in [5.41, 5.74) is 2.47. The molecular weight excluding hydrogens is 210 g/mol. The highest BCUT2D eigenvalue weighted by atomic mass is 16.2. The van der Waals surface area contributed by atoms with E-state index in [-0.39, 0.29) is 5.91 Å². The molecule has 1 amide bonds. The van der Waals surface area contributed by atoms with Crippen molar-refractivity contribution in [2.24, 2.45) is 0 Å². The molecule has 1 heterocycles. The highest BCUT2D eigenvalue weighted by Gasteiger charge is 2.31. The van der Waals surface area contributed by atoms with E-state index in [9.17, 15) is 4.79 Å². The van der Waals surface area contributed by atoms with Crippen molar-refractivity contribution in [1.82, 2.24) is 0 Å². The molecule has 17 heavy (non-hydrogen) atoms. The lowest BCUT2D eigenvalue weighted by Gasteiger charge is -2.25. The number of hydrogen-bond acceptors (Lipinski definition) is 1. The molecule has 2 heteroatoms. The standard InChI is InChI=1S/C15H21NO/c1-3-7-13-11-12-9-5-6-10-14(12)16(13)15(17)8-4-2/h5-6,9-10,13H,3-4,7-8,11H2,1-2H3. The van der Waals surface area contributed by atoms with Crippen LogP contribution < -0.4 is 4.90 Å². The first-order chi connectivity index (χ1) is 8.27. The number of benzene rings is 1. The van der Waals surface area contributed by atoms with Gasteiger partial charge in [0.2, 0.25) is 5.91 Å². The molecule has 92 valence electrons. The van der Waals surface area contributed by atoms with Crippen LogP contribution in [-0.4, -0.2) is 11.9 Å². The normalized spacial score (nSPS) is 18.2. The third-order valence-electron chi connectivity index (χ3n) is 3.43. The molecule has 1 aliphatic heterocycles. The highest BCUT2D eigenvalue weighted by molar-refractivity contribution is 5.96. The molecule has 0 aliphatic carbocycles. The molecule has 0 fully saturated rings. The van der Waals surface area contributed by atoms with Crippen molar-refractivity contribution in [1.29, 1.82) is 0 Å². The largest absolute Gasteiger partial charge is 0.309 e. The molecule has 2 nitrogen and oxygen atoms in total. The lowest BCUT2D eigenvalue weighted by atomic mass is 10.1. The van der Waals surface area contributed by atoms with Crippen molar-refractivity contribution in [3.05, 3.63) is 29.8 Å². The Morgan fingerprint density at radius 3 is 2.76 bits per heavy atom.